The van der Waals surface area contributed by atoms with Crippen LogP contribution in [0.4, 0.5) is 17.5 Å². The van der Waals surface area contributed by atoms with Crippen LogP contribution in [0.2, 0.25) is 0 Å². The molecule has 0 bridgehead atoms. The van der Waals surface area contributed by atoms with Crippen molar-refractivity contribution in [1.29, 1.82) is 0 Å². The van der Waals surface area contributed by atoms with Crippen molar-refractivity contribution in [3.63, 3.8) is 0 Å². The van der Waals surface area contributed by atoms with Gasteiger partial charge in [-0.15, -0.1) is 0 Å². The summed E-state index contributed by atoms with van der Waals surface area (Å²) in [7, 11) is 0. The van der Waals surface area contributed by atoms with E-state index in [4.69, 9.17) is 4.52 Å². The number of aromatic nitrogens is 4. The summed E-state index contributed by atoms with van der Waals surface area (Å²) >= 11 is -2.31. The Balaban J connectivity index is 1.69. The molecule has 2 heterocycles. The van der Waals surface area contributed by atoms with Gasteiger partial charge in [0.05, 0.1) is 12.6 Å². The molecule has 3 N–H and O–H groups in total. The van der Waals surface area contributed by atoms with Gasteiger partial charge in [-0.25, -0.2) is 4.98 Å². The monoisotopic (exact) mass is 465 g/mol. The van der Waals surface area contributed by atoms with Gasteiger partial charge in [-0.05, 0) is 54.3 Å². The maximum atomic E-state index is 11.3. The molecule has 4 aromatic rings. The minimum absolute atomic E-state index is 0.175. The van der Waals surface area contributed by atoms with Gasteiger partial charge < -0.3 is 24.8 Å². The summed E-state index contributed by atoms with van der Waals surface area (Å²) in [4.78, 5) is 13.4. The van der Waals surface area contributed by atoms with Gasteiger partial charge in [-0.2, -0.15) is 9.97 Å². The van der Waals surface area contributed by atoms with Crippen molar-refractivity contribution in [2.75, 3.05) is 17.2 Å². The van der Waals surface area contributed by atoms with Crippen molar-refractivity contribution in [2.24, 2.45) is 0 Å². The van der Waals surface area contributed by atoms with E-state index in [1.807, 2.05) is 30.3 Å². The number of anilines is 3. The summed E-state index contributed by atoms with van der Waals surface area (Å²) < 4.78 is 27.8. The molecule has 10 nitrogen and oxygen atoms in total. The van der Waals surface area contributed by atoms with Gasteiger partial charge in [0, 0.05) is 16.8 Å². The molecule has 0 saturated heterocycles. The highest BCUT2D eigenvalue weighted by Gasteiger charge is 2.19. The summed E-state index contributed by atoms with van der Waals surface area (Å²) in [6, 6.07) is 13.8. The average molecular weight is 466 g/mol. The molecule has 0 aliphatic carbocycles. The number of hydrogen-bond donors (Lipinski definition) is 3. The normalized spacial score (nSPS) is 12.8. The van der Waals surface area contributed by atoms with E-state index >= 15 is 0 Å². The zero-order chi connectivity index (χ0) is 23.4. The number of aliphatic hydroxyl groups is 1. The Morgan fingerprint density at radius 1 is 1.15 bits per heavy atom. The molecule has 0 aliphatic heterocycles. The smallest absolute Gasteiger partial charge is 0.263 e. The third-order valence-corrected chi connectivity index (χ3v) is 5.67. The van der Waals surface area contributed by atoms with Gasteiger partial charge in [0.25, 0.3) is 5.89 Å². The standard InChI is InChI=1S/C22H22N6O4S/c1-13-10-16(8-9-19(13)33(30)31)25-22-23-11-17(21-24-14(2)28-32-21)20(27-22)26-18(12-29)15-6-4-3-5-7-15/h3-11,18,29H,12H2,1-2H3,(H,30,31)(H2,23,25,26,27)/p-1/t18-/m1/s1. The molecule has 170 valence electrons. The quantitative estimate of drug-likeness (QED) is 0.331. The number of aliphatic hydroxyl groups excluding tert-OH is 1. The summed E-state index contributed by atoms with van der Waals surface area (Å²) in [5.74, 6) is 1.35. The van der Waals surface area contributed by atoms with Gasteiger partial charge in [0.1, 0.15) is 11.4 Å². The number of nitrogens with zero attached hydrogens (tertiary/aromatic N) is 4. The Morgan fingerprint density at radius 2 is 1.94 bits per heavy atom. The number of aryl methyl sites for hydroxylation is 2. The molecule has 11 heteroatoms. The summed E-state index contributed by atoms with van der Waals surface area (Å²) in [6.07, 6.45) is 1.54. The number of benzene rings is 2. The van der Waals surface area contributed by atoms with Crippen molar-refractivity contribution in [1.82, 2.24) is 20.1 Å². The lowest BCUT2D eigenvalue weighted by atomic mass is 10.1. The molecule has 0 spiro atoms. The minimum atomic E-state index is -2.31. The Hall–Kier alpha value is -3.67. The first-order chi connectivity index (χ1) is 15.9. The molecule has 2 atom stereocenters. The highest BCUT2D eigenvalue weighted by molar-refractivity contribution is 7.79. The molecule has 0 fully saturated rings. The van der Waals surface area contributed by atoms with Crippen LogP contribution in [-0.4, -0.2) is 40.6 Å². The first kappa shape index (κ1) is 22.5. The lowest BCUT2D eigenvalue weighted by Gasteiger charge is -2.19. The van der Waals surface area contributed by atoms with Crippen molar-refractivity contribution < 1.29 is 18.4 Å². The van der Waals surface area contributed by atoms with Crippen molar-refractivity contribution >= 4 is 28.5 Å². The molecule has 2 aromatic carbocycles. The van der Waals surface area contributed by atoms with Crippen LogP contribution in [0.15, 0.2) is 64.1 Å². The van der Waals surface area contributed by atoms with Gasteiger partial charge in [0.15, 0.2) is 5.82 Å². The summed E-state index contributed by atoms with van der Waals surface area (Å²) in [5.41, 5.74) is 2.56. The van der Waals surface area contributed by atoms with Crippen LogP contribution in [0.1, 0.15) is 23.0 Å². The van der Waals surface area contributed by atoms with Gasteiger partial charge in [-0.1, -0.05) is 35.5 Å². The van der Waals surface area contributed by atoms with E-state index in [-0.39, 0.29) is 23.3 Å². The maximum absolute atomic E-state index is 11.3. The Morgan fingerprint density at radius 3 is 2.58 bits per heavy atom. The van der Waals surface area contributed by atoms with E-state index in [0.717, 1.165) is 5.56 Å². The summed E-state index contributed by atoms with van der Waals surface area (Å²) in [5, 5.41) is 20.1. The zero-order valence-electron chi connectivity index (χ0n) is 17.8. The van der Waals surface area contributed by atoms with Crippen molar-refractivity contribution in [3.8, 4) is 11.5 Å². The van der Waals surface area contributed by atoms with E-state index in [1.165, 1.54) is 12.3 Å². The van der Waals surface area contributed by atoms with E-state index in [9.17, 15) is 13.9 Å². The number of nitrogens with one attached hydrogen (secondary N) is 2. The first-order valence-corrected chi connectivity index (χ1v) is 11.1. The van der Waals surface area contributed by atoms with Crippen molar-refractivity contribution in [2.45, 2.75) is 24.8 Å². The van der Waals surface area contributed by atoms with E-state index in [0.29, 0.717) is 28.5 Å². The zero-order valence-corrected chi connectivity index (χ0v) is 18.7. The van der Waals surface area contributed by atoms with Crippen LogP contribution in [0.3, 0.4) is 0 Å². The van der Waals surface area contributed by atoms with Crippen molar-refractivity contribution in [3.05, 3.63) is 71.7 Å². The molecule has 2 aromatic heterocycles. The third-order valence-electron chi connectivity index (χ3n) is 4.85. The Bertz CT molecular complexity index is 1280. The van der Waals surface area contributed by atoms with Crippen LogP contribution >= 0.6 is 0 Å². The summed E-state index contributed by atoms with van der Waals surface area (Å²) in [6.45, 7) is 3.24. The second-order valence-electron chi connectivity index (χ2n) is 7.23. The van der Waals surface area contributed by atoms with Gasteiger partial charge >= 0.3 is 0 Å². The van der Waals surface area contributed by atoms with E-state index < -0.39 is 17.1 Å². The fourth-order valence-corrected chi connectivity index (χ4v) is 3.74. The third kappa shape index (κ3) is 5.22. The fraction of sp³-hybridized carbons (Fsp3) is 0.182. The number of rotatable bonds is 8. The lowest BCUT2D eigenvalue weighted by Crippen LogP contribution is -2.17. The minimum Gasteiger partial charge on any atom is -0.768 e. The second-order valence-corrected chi connectivity index (χ2v) is 8.14. The van der Waals surface area contributed by atoms with Crippen LogP contribution in [-0.2, 0) is 11.1 Å². The van der Waals surface area contributed by atoms with Gasteiger partial charge in [0.2, 0.25) is 5.95 Å². The lowest BCUT2D eigenvalue weighted by molar-refractivity contribution is 0.276. The predicted molar refractivity (Wildman–Crippen MR) is 122 cm³/mol. The molecule has 0 aliphatic rings. The molecular weight excluding hydrogens is 444 g/mol. The fourth-order valence-electron chi connectivity index (χ4n) is 3.24. The highest BCUT2D eigenvalue weighted by atomic mass is 32.2. The maximum Gasteiger partial charge on any atom is 0.263 e. The predicted octanol–water partition coefficient (Wildman–Crippen LogP) is 3.27. The second kappa shape index (κ2) is 9.86. The SMILES string of the molecule is Cc1noc(-c2cnc(Nc3ccc(S(=O)[O-])c(C)c3)nc2N[C@H](CO)c2ccccc2)n1. The number of hydrogen-bond acceptors (Lipinski definition) is 10. The van der Waals surface area contributed by atoms with Gasteiger partial charge in [-0.3, -0.25) is 4.21 Å². The largest absolute Gasteiger partial charge is 0.768 e. The van der Waals surface area contributed by atoms with Crippen LogP contribution in [0.5, 0.6) is 0 Å². The molecule has 0 radical (unpaired) electrons. The topological polar surface area (TPSA) is 149 Å². The van der Waals surface area contributed by atoms with Crippen LogP contribution in [0.25, 0.3) is 11.5 Å². The molecule has 1 unspecified atom stereocenters. The Labute approximate surface area is 192 Å². The molecular formula is C22H21N6O4S-. The molecule has 0 amide bonds. The highest BCUT2D eigenvalue weighted by Crippen LogP contribution is 2.29. The Kier molecular flexibility index (Phi) is 6.73. The molecule has 0 saturated carbocycles. The molecule has 4 rings (SSSR count). The van der Waals surface area contributed by atoms with E-state index in [2.05, 4.69) is 30.7 Å². The average Bonchev–Trinajstić information content (AvgIpc) is 3.24. The first-order valence-electron chi connectivity index (χ1n) is 10.0. The molecule has 33 heavy (non-hydrogen) atoms. The van der Waals surface area contributed by atoms with Crippen LogP contribution < -0.4 is 10.6 Å². The van der Waals surface area contributed by atoms with E-state index in [1.54, 1.807) is 26.0 Å². The van der Waals surface area contributed by atoms with Crippen LogP contribution in [0, 0.1) is 13.8 Å².